The van der Waals surface area contributed by atoms with E-state index in [1.807, 2.05) is 30.3 Å². The molecule has 7 nitrogen and oxygen atoms in total. The maximum absolute atomic E-state index is 13.1. The minimum atomic E-state index is -0.601. The van der Waals surface area contributed by atoms with E-state index in [4.69, 9.17) is 9.47 Å². The fourth-order valence-electron chi connectivity index (χ4n) is 4.08. The van der Waals surface area contributed by atoms with Gasteiger partial charge in [0.15, 0.2) is 5.78 Å². The highest BCUT2D eigenvalue weighted by Crippen LogP contribution is 2.31. The maximum Gasteiger partial charge on any atom is 0.348 e. The van der Waals surface area contributed by atoms with Gasteiger partial charge in [0.1, 0.15) is 10.9 Å². The van der Waals surface area contributed by atoms with E-state index in [1.165, 1.54) is 19.3 Å². The molecular weight excluding hydrogens is 464 g/mol. The second-order valence-electron chi connectivity index (χ2n) is 8.20. The van der Waals surface area contributed by atoms with E-state index < -0.39 is 17.7 Å². The molecule has 0 unspecified atom stereocenters. The van der Waals surface area contributed by atoms with Gasteiger partial charge in [0.25, 0.3) is 0 Å². The average Bonchev–Trinajstić information content (AvgIpc) is 3.19. The van der Waals surface area contributed by atoms with Crippen LogP contribution in [-0.2, 0) is 20.7 Å². The van der Waals surface area contributed by atoms with Crippen molar-refractivity contribution in [2.24, 2.45) is 0 Å². The van der Waals surface area contributed by atoms with Crippen molar-refractivity contribution >= 4 is 40.8 Å². The van der Waals surface area contributed by atoms with Gasteiger partial charge in [-0.25, -0.2) is 9.59 Å². The predicted octanol–water partition coefficient (Wildman–Crippen LogP) is 5.12. The third-order valence-electron chi connectivity index (χ3n) is 5.83. The molecule has 2 heterocycles. The summed E-state index contributed by atoms with van der Waals surface area (Å²) in [4.78, 5) is 41.0. The Balaban J connectivity index is 1.84. The zero-order valence-corrected chi connectivity index (χ0v) is 21.2. The summed E-state index contributed by atoms with van der Waals surface area (Å²) in [6.07, 6.45) is 4.99. The topological polar surface area (TPSA) is 96.7 Å². The van der Waals surface area contributed by atoms with E-state index in [0.717, 1.165) is 35.7 Å². The van der Waals surface area contributed by atoms with Crippen molar-refractivity contribution in [3.05, 3.63) is 56.3 Å². The molecule has 1 aromatic carbocycles. The zero-order chi connectivity index (χ0) is 25.4. The van der Waals surface area contributed by atoms with Crippen LogP contribution in [0, 0.1) is 18.3 Å². The molecule has 0 N–H and O–H groups in total. The van der Waals surface area contributed by atoms with Crippen LogP contribution in [0.1, 0.15) is 69.1 Å². The molecule has 184 valence electrons. The standard InChI is InChI=1S/C27H30N2O5S/c1-4-33-26(31)24-18(3)25(27(32)34-5-2)35-23(24)16-22(30)20(17-28)15-19-9-11-21(12-10-19)29-13-7-6-8-14-29/h9-12,15H,4-8,13-14,16H2,1-3H3/b20-15-. The Bertz CT molecular complexity index is 1150. The molecule has 1 aromatic heterocycles. The number of nitriles is 1. The van der Waals surface area contributed by atoms with Crippen molar-refractivity contribution in [3.8, 4) is 6.07 Å². The summed E-state index contributed by atoms with van der Waals surface area (Å²) in [6, 6.07) is 9.78. The molecule has 0 spiro atoms. The van der Waals surface area contributed by atoms with Crippen molar-refractivity contribution < 1.29 is 23.9 Å². The van der Waals surface area contributed by atoms with Crippen molar-refractivity contribution in [2.75, 3.05) is 31.2 Å². The van der Waals surface area contributed by atoms with Gasteiger partial charge in [0, 0.05) is 30.1 Å². The largest absolute Gasteiger partial charge is 0.462 e. The molecule has 2 aromatic rings. The minimum Gasteiger partial charge on any atom is -0.462 e. The monoisotopic (exact) mass is 494 g/mol. The van der Waals surface area contributed by atoms with Gasteiger partial charge < -0.3 is 14.4 Å². The first-order chi connectivity index (χ1) is 16.9. The average molecular weight is 495 g/mol. The number of anilines is 1. The number of ether oxygens (including phenoxy) is 2. The molecule has 0 amide bonds. The van der Waals surface area contributed by atoms with Gasteiger partial charge in [-0.2, -0.15) is 5.26 Å². The second kappa shape index (κ2) is 12.3. The quantitative estimate of drug-likeness (QED) is 0.271. The number of piperidine rings is 1. The third kappa shape index (κ3) is 6.37. The number of carbonyl (C=O) groups excluding carboxylic acids is 3. The van der Waals surface area contributed by atoms with Crippen molar-refractivity contribution in [3.63, 3.8) is 0 Å². The lowest BCUT2D eigenvalue weighted by Gasteiger charge is -2.28. The molecule has 1 aliphatic rings. The maximum atomic E-state index is 13.1. The number of nitrogens with zero attached hydrogens (tertiary/aromatic N) is 2. The Morgan fingerprint density at radius 1 is 1.03 bits per heavy atom. The highest BCUT2D eigenvalue weighted by molar-refractivity contribution is 7.14. The lowest BCUT2D eigenvalue weighted by Crippen LogP contribution is -2.29. The highest BCUT2D eigenvalue weighted by atomic mass is 32.1. The van der Waals surface area contributed by atoms with Crippen LogP contribution in [0.4, 0.5) is 5.69 Å². The SMILES string of the molecule is CCOC(=O)c1sc(CC(=O)/C(C#N)=C\c2ccc(N3CCCCC3)cc2)c(C(=O)OCC)c1C. The number of hydrogen-bond donors (Lipinski definition) is 0. The number of Topliss-reactive ketones (excluding diaryl/α,β-unsaturated/α-hetero) is 1. The van der Waals surface area contributed by atoms with Crippen LogP contribution in [0.5, 0.6) is 0 Å². The summed E-state index contributed by atoms with van der Waals surface area (Å²) in [5, 5.41) is 9.67. The minimum absolute atomic E-state index is 0.0192. The summed E-state index contributed by atoms with van der Waals surface area (Å²) in [6.45, 7) is 7.43. The molecule has 0 atom stereocenters. The second-order valence-corrected chi connectivity index (χ2v) is 9.31. The molecular formula is C27H30N2O5S. The first-order valence-corrected chi connectivity index (χ1v) is 12.7. The first kappa shape index (κ1) is 26.2. The fourth-order valence-corrected chi connectivity index (χ4v) is 5.26. The lowest BCUT2D eigenvalue weighted by molar-refractivity contribution is -0.114. The summed E-state index contributed by atoms with van der Waals surface area (Å²) in [5.74, 6) is -1.59. The molecule has 0 aliphatic carbocycles. The molecule has 0 saturated carbocycles. The number of esters is 2. The van der Waals surface area contributed by atoms with Crippen LogP contribution in [-0.4, -0.2) is 44.0 Å². The summed E-state index contributed by atoms with van der Waals surface area (Å²) < 4.78 is 10.2. The number of rotatable bonds is 9. The Morgan fingerprint density at radius 2 is 1.66 bits per heavy atom. The summed E-state index contributed by atoms with van der Waals surface area (Å²) in [7, 11) is 0. The van der Waals surface area contributed by atoms with E-state index in [2.05, 4.69) is 4.90 Å². The Kier molecular flexibility index (Phi) is 9.21. The van der Waals surface area contributed by atoms with Gasteiger partial charge in [0.05, 0.1) is 24.4 Å². The van der Waals surface area contributed by atoms with Gasteiger partial charge in [-0.1, -0.05) is 12.1 Å². The summed E-state index contributed by atoms with van der Waals surface area (Å²) >= 11 is 1.03. The van der Waals surface area contributed by atoms with Crippen LogP contribution in [0.3, 0.4) is 0 Å². The van der Waals surface area contributed by atoms with E-state index in [9.17, 15) is 19.6 Å². The summed E-state index contributed by atoms with van der Waals surface area (Å²) in [5.41, 5.74) is 2.47. The highest BCUT2D eigenvalue weighted by Gasteiger charge is 2.28. The van der Waals surface area contributed by atoms with Gasteiger partial charge in [-0.05, 0) is 69.4 Å². The number of thiophene rings is 1. The molecule has 0 radical (unpaired) electrons. The smallest absolute Gasteiger partial charge is 0.348 e. The zero-order valence-electron chi connectivity index (χ0n) is 20.4. The number of allylic oxidation sites excluding steroid dienone is 1. The Labute approximate surface area is 210 Å². The van der Waals surface area contributed by atoms with Gasteiger partial charge in [0.2, 0.25) is 0 Å². The molecule has 8 heteroatoms. The van der Waals surface area contributed by atoms with Gasteiger partial charge >= 0.3 is 11.9 Å². The molecule has 1 saturated heterocycles. The van der Waals surface area contributed by atoms with Crippen LogP contribution in [0.2, 0.25) is 0 Å². The van der Waals surface area contributed by atoms with Crippen LogP contribution < -0.4 is 4.90 Å². The van der Waals surface area contributed by atoms with Gasteiger partial charge in [-0.15, -0.1) is 11.3 Å². The van der Waals surface area contributed by atoms with E-state index in [-0.39, 0.29) is 35.6 Å². The van der Waals surface area contributed by atoms with Crippen LogP contribution in [0.25, 0.3) is 6.08 Å². The number of carbonyl (C=O) groups is 3. The predicted molar refractivity (Wildman–Crippen MR) is 136 cm³/mol. The Hall–Kier alpha value is -3.44. The van der Waals surface area contributed by atoms with E-state index >= 15 is 0 Å². The van der Waals surface area contributed by atoms with E-state index in [0.29, 0.717) is 10.4 Å². The molecule has 35 heavy (non-hydrogen) atoms. The molecule has 3 rings (SSSR count). The molecule has 0 bridgehead atoms. The lowest BCUT2D eigenvalue weighted by atomic mass is 10.0. The van der Waals surface area contributed by atoms with Crippen molar-refractivity contribution in [2.45, 2.75) is 46.5 Å². The van der Waals surface area contributed by atoms with Gasteiger partial charge in [-0.3, -0.25) is 4.79 Å². The number of benzene rings is 1. The number of hydrogen-bond acceptors (Lipinski definition) is 8. The molecule has 1 aliphatic heterocycles. The molecule has 1 fully saturated rings. The first-order valence-electron chi connectivity index (χ1n) is 11.9. The van der Waals surface area contributed by atoms with Crippen LogP contribution in [0.15, 0.2) is 29.8 Å². The normalized spacial score (nSPS) is 13.8. The van der Waals surface area contributed by atoms with Crippen molar-refractivity contribution in [1.82, 2.24) is 0 Å². The Morgan fingerprint density at radius 3 is 2.26 bits per heavy atom. The third-order valence-corrected chi connectivity index (χ3v) is 7.10. The van der Waals surface area contributed by atoms with Crippen LogP contribution >= 0.6 is 11.3 Å². The van der Waals surface area contributed by atoms with E-state index in [1.54, 1.807) is 26.8 Å². The fraction of sp³-hybridized carbons (Fsp3) is 0.407. The number of ketones is 1. The van der Waals surface area contributed by atoms with Crippen molar-refractivity contribution in [1.29, 1.82) is 5.26 Å².